The Morgan fingerprint density at radius 1 is 1.00 bits per heavy atom. The van der Waals surface area contributed by atoms with E-state index >= 15 is 0 Å². The minimum absolute atomic E-state index is 0.113. The third kappa shape index (κ3) is 13.4. The van der Waals surface area contributed by atoms with Crippen molar-refractivity contribution >= 4 is 5.91 Å². The zero-order valence-electron chi connectivity index (χ0n) is 12.5. The number of hydrogen-bond acceptors (Lipinski definition) is 2. The highest BCUT2D eigenvalue weighted by molar-refractivity contribution is 5.78. The summed E-state index contributed by atoms with van der Waals surface area (Å²) in [5, 5.41) is 5.84. The standard InChI is InChI=1S/C9H20N2O.2C2H6/c1-7(2)8(3)9(12)11-6-5-10-4;2*1-2/h7-8,10H,5-6H2,1-4H3,(H,11,12);2*1-2H3/t8-;;/m0../s1. The summed E-state index contributed by atoms with van der Waals surface area (Å²) in [6, 6.07) is 0. The average Bonchev–Trinajstić information content (AvgIpc) is 2.33. The van der Waals surface area contributed by atoms with Gasteiger partial charge in [0.05, 0.1) is 0 Å². The van der Waals surface area contributed by atoms with E-state index in [2.05, 4.69) is 24.5 Å². The zero-order chi connectivity index (χ0) is 13.6. The maximum Gasteiger partial charge on any atom is 0.223 e. The predicted molar refractivity (Wildman–Crippen MR) is 73.6 cm³/mol. The molecule has 0 bridgehead atoms. The van der Waals surface area contributed by atoms with Crippen LogP contribution >= 0.6 is 0 Å². The van der Waals surface area contributed by atoms with E-state index in [1.165, 1.54) is 0 Å². The van der Waals surface area contributed by atoms with Gasteiger partial charge in [0.15, 0.2) is 0 Å². The molecule has 3 heteroatoms. The van der Waals surface area contributed by atoms with Crippen LogP contribution in [0.5, 0.6) is 0 Å². The van der Waals surface area contributed by atoms with Crippen LogP contribution < -0.4 is 10.6 Å². The summed E-state index contributed by atoms with van der Waals surface area (Å²) >= 11 is 0. The lowest BCUT2D eigenvalue weighted by Gasteiger charge is -2.14. The van der Waals surface area contributed by atoms with Gasteiger partial charge in [-0.05, 0) is 13.0 Å². The summed E-state index contributed by atoms with van der Waals surface area (Å²) in [6.07, 6.45) is 0. The molecule has 1 atom stereocenters. The molecular weight excluding hydrogens is 200 g/mol. The van der Waals surface area contributed by atoms with Crippen LogP contribution in [0.3, 0.4) is 0 Å². The lowest BCUT2D eigenvalue weighted by atomic mass is 9.97. The molecule has 0 aliphatic heterocycles. The number of carbonyl (C=O) groups excluding carboxylic acids is 1. The van der Waals surface area contributed by atoms with Crippen LogP contribution in [0.15, 0.2) is 0 Å². The second-order valence-electron chi connectivity index (χ2n) is 3.43. The third-order valence-electron chi connectivity index (χ3n) is 2.09. The molecule has 0 aromatic rings. The topological polar surface area (TPSA) is 41.1 Å². The third-order valence-corrected chi connectivity index (χ3v) is 2.09. The van der Waals surface area contributed by atoms with Crippen molar-refractivity contribution in [1.29, 1.82) is 0 Å². The van der Waals surface area contributed by atoms with Gasteiger partial charge >= 0.3 is 0 Å². The van der Waals surface area contributed by atoms with Crippen molar-refractivity contribution in [3.05, 3.63) is 0 Å². The lowest BCUT2D eigenvalue weighted by molar-refractivity contribution is -0.125. The molecule has 3 nitrogen and oxygen atoms in total. The molecular formula is C13H32N2O. The Labute approximate surface area is 102 Å². The zero-order valence-corrected chi connectivity index (χ0v) is 12.5. The Kier molecular flexibility index (Phi) is 21.9. The van der Waals surface area contributed by atoms with Crippen LogP contribution in [0.25, 0.3) is 0 Å². The molecule has 0 aromatic carbocycles. The quantitative estimate of drug-likeness (QED) is 0.716. The molecule has 0 fully saturated rings. The second-order valence-corrected chi connectivity index (χ2v) is 3.43. The Morgan fingerprint density at radius 3 is 1.75 bits per heavy atom. The first-order valence-electron chi connectivity index (χ1n) is 6.52. The maximum atomic E-state index is 11.3. The average molecular weight is 232 g/mol. The van der Waals surface area contributed by atoms with E-state index in [0.29, 0.717) is 12.5 Å². The van der Waals surface area contributed by atoms with E-state index in [4.69, 9.17) is 0 Å². The fourth-order valence-corrected chi connectivity index (χ4v) is 0.774. The molecule has 0 spiro atoms. The fraction of sp³-hybridized carbons (Fsp3) is 0.923. The Balaban J connectivity index is -0.000000376. The smallest absolute Gasteiger partial charge is 0.223 e. The normalized spacial score (nSPS) is 10.6. The van der Waals surface area contributed by atoms with Gasteiger partial charge in [0.1, 0.15) is 0 Å². The van der Waals surface area contributed by atoms with Crippen LogP contribution in [0.4, 0.5) is 0 Å². The van der Waals surface area contributed by atoms with Crippen molar-refractivity contribution in [2.24, 2.45) is 11.8 Å². The van der Waals surface area contributed by atoms with Gasteiger partial charge in [0.2, 0.25) is 5.91 Å². The highest BCUT2D eigenvalue weighted by Crippen LogP contribution is 2.08. The van der Waals surface area contributed by atoms with Gasteiger partial charge < -0.3 is 10.6 Å². The van der Waals surface area contributed by atoms with E-state index in [0.717, 1.165) is 6.54 Å². The van der Waals surface area contributed by atoms with E-state index in [-0.39, 0.29) is 11.8 Å². The summed E-state index contributed by atoms with van der Waals surface area (Å²) in [5.41, 5.74) is 0. The predicted octanol–water partition coefficient (Wildman–Crippen LogP) is 2.67. The largest absolute Gasteiger partial charge is 0.355 e. The molecule has 0 heterocycles. The van der Waals surface area contributed by atoms with Crippen molar-refractivity contribution in [3.8, 4) is 0 Å². The fourth-order valence-electron chi connectivity index (χ4n) is 0.774. The number of likely N-dealkylation sites (N-methyl/N-ethyl adjacent to an activating group) is 1. The monoisotopic (exact) mass is 232 g/mol. The minimum Gasteiger partial charge on any atom is -0.355 e. The lowest BCUT2D eigenvalue weighted by Crippen LogP contribution is -2.35. The number of carbonyl (C=O) groups is 1. The first-order chi connectivity index (χ1) is 7.59. The molecule has 1 amide bonds. The summed E-state index contributed by atoms with van der Waals surface area (Å²) in [7, 11) is 1.87. The molecule has 0 aromatic heterocycles. The summed E-state index contributed by atoms with van der Waals surface area (Å²) in [4.78, 5) is 11.3. The molecule has 0 saturated heterocycles. The molecule has 0 unspecified atom stereocenters. The Bertz CT molecular complexity index is 136. The van der Waals surface area contributed by atoms with Gasteiger partial charge in [-0.15, -0.1) is 0 Å². The van der Waals surface area contributed by atoms with Gasteiger partial charge in [0.25, 0.3) is 0 Å². The van der Waals surface area contributed by atoms with Gasteiger partial charge in [-0.3, -0.25) is 4.79 Å². The number of nitrogens with one attached hydrogen (secondary N) is 2. The van der Waals surface area contributed by atoms with Crippen LogP contribution in [0.1, 0.15) is 48.5 Å². The van der Waals surface area contributed by atoms with Gasteiger partial charge in [0, 0.05) is 19.0 Å². The Hall–Kier alpha value is -0.570. The van der Waals surface area contributed by atoms with E-state index in [9.17, 15) is 4.79 Å². The number of hydrogen-bond donors (Lipinski definition) is 2. The molecule has 2 N–H and O–H groups in total. The van der Waals surface area contributed by atoms with E-state index in [1.807, 2.05) is 41.7 Å². The molecule has 0 aliphatic rings. The van der Waals surface area contributed by atoms with Crippen molar-refractivity contribution in [2.75, 3.05) is 20.1 Å². The minimum atomic E-state index is 0.113. The van der Waals surface area contributed by atoms with Gasteiger partial charge in [-0.1, -0.05) is 48.5 Å². The summed E-state index contributed by atoms with van der Waals surface area (Å²) in [5.74, 6) is 0.682. The van der Waals surface area contributed by atoms with Crippen LogP contribution in [-0.2, 0) is 4.79 Å². The molecule has 0 radical (unpaired) electrons. The molecule has 0 saturated carbocycles. The highest BCUT2D eigenvalue weighted by Gasteiger charge is 2.15. The van der Waals surface area contributed by atoms with Gasteiger partial charge in [-0.2, -0.15) is 0 Å². The van der Waals surface area contributed by atoms with Gasteiger partial charge in [-0.25, -0.2) is 0 Å². The first-order valence-corrected chi connectivity index (χ1v) is 6.52. The summed E-state index contributed by atoms with van der Waals surface area (Å²) in [6.45, 7) is 15.6. The van der Waals surface area contributed by atoms with Crippen molar-refractivity contribution in [2.45, 2.75) is 48.5 Å². The van der Waals surface area contributed by atoms with Crippen molar-refractivity contribution in [3.63, 3.8) is 0 Å². The first kappa shape index (κ1) is 20.8. The SMILES string of the molecule is CC.CC.CNCCNC(=O)[C@@H](C)C(C)C. The summed E-state index contributed by atoms with van der Waals surface area (Å²) < 4.78 is 0. The van der Waals surface area contributed by atoms with E-state index in [1.54, 1.807) is 0 Å². The molecule has 100 valence electrons. The van der Waals surface area contributed by atoms with Crippen molar-refractivity contribution in [1.82, 2.24) is 10.6 Å². The molecule has 0 aliphatic carbocycles. The second kappa shape index (κ2) is 16.8. The number of rotatable bonds is 5. The highest BCUT2D eigenvalue weighted by atomic mass is 16.1. The maximum absolute atomic E-state index is 11.3. The van der Waals surface area contributed by atoms with E-state index < -0.39 is 0 Å². The molecule has 0 rings (SSSR count). The van der Waals surface area contributed by atoms with Crippen LogP contribution in [-0.4, -0.2) is 26.0 Å². The van der Waals surface area contributed by atoms with Crippen LogP contribution in [0, 0.1) is 11.8 Å². The Morgan fingerprint density at radius 2 is 1.44 bits per heavy atom. The number of amides is 1. The van der Waals surface area contributed by atoms with Crippen LogP contribution in [0.2, 0.25) is 0 Å². The van der Waals surface area contributed by atoms with Crippen molar-refractivity contribution < 1.29 is 4.79 Å². The molecule has 16 heavy (non-hydrogen) atoms.